The third-order valence-electron chi connectivity index (χ3n) is 4.28. The monoisotopic (exact) mass is 353 g/mol. The Morgan fingerprint density at radius 3 is 2.88 bits per heavy atom. The summed E-state index contributed by atoms with van der Waals surface area (Å²) in [6.07, 6.45) is 3.57. The first kappa shape index (κ1) is 17.9. The predicted octanol–water partition coefficient (Wildman–Crippen LogP) is 3.36. The van der Waals surface area contributed by atoms with E-state index < -0.39 is 0 Å². The zero-order valence-electron chi connectivity index (χ0n) is 15.1. The molecule has 6 nitrogen and oxygen atoms in total. The average Bonchev–Trinajstić information content (AvgIpc) is 2.97. The van der Waals surface area contributed by atoms with Crippen molar-refractivity contribution >= 4 is 16.8 Å². The van der Waals surface area contributed by atoms with Gasteiger partial charge in [-0.2, -0.15) is 0 Å². The van der Waals surface area contributed by atoms with Crippen molar-refractivity contribution in [1.29, 1.82) is 0 Å². The van der Waals surface area contributed by atoms with Gasteiger partial charge in [-0.15, -0.1) is 0 Å². The molecule has 0 atom stereocenters. The molecule has 1 aromatic carbocycles. The summed E-state index contributed by atoms with van der Waals surface area (Å²) < 4.78 is 10.9. The van der Waals surface area contributed by atoms with Crippen molar-refractivity contribution in [3.63, 3.8) is 0 Å². The van der Waals surface area contributed by atoms with Gasteiger partial charge in [0, 0.05) is 30.1 Å². The van der Waals surface area contributed by atoms with E-state index in [9.17, 15) is 4.79 Å². The molecule has 0 unspecified atom stereocenters. The molecular weight excluding hydrogens is 330 g/mol. The van der Waals surface area contributed by atoms with Gasteiger partial charge in [0.25, 0.3) is 0 Å². The number of benzene rings is 1. The normalized spacial score (nSPS) is 10.8. The molecule has 0 saturated carbocycles. The second kappa shape index (κ2) is 8.47. The number of carbonyl (C=O) groups is 1. The number of pyridine rings is 1. The number of para-hydroxylation sites is 1. The van der Waals surface area contributed by atoms with Gasteiger partial charge in [0.2, 0.25) is 5.91 Å². The smallest absolute Gasteiger partial charge is 0.220 e. The molecule has 0 radical (unpaired) electrons. The van der Waals surface area contributed by atoms with Gasteiger partial charge in [0.15, 0.2) is 0 Å². The first-order valence-corrected chi connectivity index (χ1v) is 8.80. The Hall–Kier alpha value is -2.89. The maximum Gasteiger partial charge on any atom is 0.220 e. The van der Waals surface area contributed by atoms with Crippen molar-refractivity contribution in [2.45, 2.75) is 33.1 Å². The topological polar surface area (TPSA) is 77.2 Å². The first-order chi connectivity index (χ1) is 12.6. The third-order valence-corrected chi connectivity index (χ3v) is 4.28. The first-order valence-electron chi connectivity index (χ1n) is 8.80. The minimum absolute atomic E-state index is 0.0248. The molecule has 0 spiro atoms. The van der Waals surface area contributed by atoms with E-state index in [1.165, 1.54) is 0 Å². The van der Waals surface area contributed by atoms with Crippen LogP contribution in [-0.2, 0) is 11.2 Å². The molecule has 2 heterocycles. The van der Waals surface area contributed by atoms with E-state index in [-0.39, 0.29) is 5.91 Å². The number of amides is 1. The standard InChI is InChI=1S/C20H23N3O3/c1-14-17(15(2)26-23-14)9-10-19(24)21-12-5-13-25-18-8-3-6-16-7-4-11-22-20(16)18/h3-4,6-8,11H,5,9-10,12-13H2,1-2H3,(H,21,24). The van der Waals surface area contributed by atoms with Crippen LogP contribution in [0.1, 0.15) is 29.9 Å². The third kappa shape index (κ3) is 4.39. The van der Waals surface area contributed by atoms with Crippen LogP contribution in [0.25, 0.3) is 10.9 Å². The molecule has 0 fully saturated rings. The molecule has 0 bridgehead atoms. The fraction of sp³-hybridized carbons (Fsp3) is 0.350. The Balaban J connectivity index is 1.38. The average molecular weight is 353 g/mol. The van der Waals surface area contributed by atoms with Gasteiger partial charge in [-0.3, -0.25) is 9.78 Å². The zero-order valence-corrected chi connectivity index (χ0v) is 15.1. The molecule has 26 heavy (non-hydrogen) atoms. The van der Waals surface area contributed by atoms with Crippen LogP contribution < -0.4 is 10.1 Å². The summed E-state index contributed by atoms with van der Waals surface area (Å²) in [4.78, 5) is 16.3. The fourth-order valence-corrected chi connectivity index (χ4v) is 2.86. The molecule has 3 rings (SSSR count). The Morgan fingerprint density at radius 1 is 1.23 bits per heavy atom. The highest BCUT2D eigenvalue weighted by molar-refractivity contribution is 5.84. The van der Waals surface area contributed by atoms with Crippen molar-refractivity contribution in [3.05, 3.63) is 53.5 Å². The summed E-state index contributed by atoms with van der Waals surface area (Å²) in [5.41, 5.74) is 2.73. The molecular formula is C20H23N3O3. The Kier molecular flexibility index (Phi) is 5.84. The second-order valence-electron chi connectivity index (χ2n) is 6.19. The highest BCUT2D eigenvalue weighted by atomic mass is 16.5. The van der Waals surface area contributed by atoms with Crippen LogP contribution in [0.2, 0.25) is 0 Å². The molecule has 136 valence electrons. The van der Waals surface area contributed by atoms with E-state index in [1.54, 1.807) is 6.20 Å². The Labute approximate surface area is 152 Å². The maximum absolute atomic E-state index is 12.0. The van der Waals surface area contributed by atoms with Crippen LogP contribution in [0.5, 0.6) is 5.75 Å². The fourth-order valence-electron chi connectivity index (χ4n) is 2.86. The largest absolute Gasteiger partial charge is 0.491 e. The summed E-state index contributed by atoms with van der Waals surface area (Å²) in [7, 11) is 0. The molecule has 6 heteroatoms. The molecule has 2 aromatic heterocycles. The van der Waals surface area contributed by atoms with Gasteiger partial charge in [-0.05, 0) is 38.8 Å². The SMILES string of the molecule is Cc1noc(C)c1CCC(=O)NCCCOc1cccc2cccnc12. The Morgan fingerprint density at radius 2 is 2.08 bits per heavy atom. The summed E-state index contributed by atoms with van der Waals surface area (Å²) in [6, 6.07) is 9.79. The quantitative estimate of drug-likeness (QED) is 0.628. The number of hydrogen-bond donors (Lipinski definition) is 1. The lowest BCUT2D eigenvalue weighted by molar-refractivity contribution is -0.121. The van der Waals surface area contributed by atoms with Crippen molar-refractivity contribution in [2.75, 3.05) is 13.2 Å². The van der Waals surface area contributed by atoms with E-state index in [0.717, 1.165) is 40.1 Å². The molecule has 1 N–H and O–H groups in total. The number of carbonyl (C=O) groups excluding carboxylic acids is 1. The lowest BCUT2D eigenvalue weighted by Crippen LogP contribution is -2.25. The molecule has 0 aliphatic heterocycles. The number of aryl methyl sites for hydroxylation is 2. The van der Waals surface area contributed by atoms with E-state index in [0.29, 0.717) is 26.0 Å². The van der Waals surface area contributed by atoms with Crippen LogP contribution in [0.4, 0.5) is 0 Å². The summed E-state index contributed by atoms with van der Waals surface area (Å²) in [5.74, 6) is 1.58. The summed E-state index contributed by atoms with van der Waals surface area (Å²) in [5, 5.41) is 7.88. The molecule has 1 amide bonds. The highest BCUT2D eigenvalue weighted by Gasteiger charge is 2.11. The van der Waals surface area contributed by atoms with Gasteiger partial charge < -0.3 is 14.6 Å². The van der Waals surface area contributed by atoms with Crippen molar-refractivity contribution < 1.29 is 14.1 Å². The van der Waals surface area contributed by atoms with Crippen molar-refractivity contribution in [1.82, 2.24) is 15.5 Å². The number of aromatic nitrogens is 2. The predicted molar refractivity (Wildman–Crippen MR) is 99.2 cm³/mol. The van der Waals surface area contributed by atoms with E-state index in [2.05, 4.69) is 15.5 Å². The highest BCUT2D eigenvalue weighted by Crippen LogP contribution is 2.22. The minimum atomic E-state index is 0.0248. The van der Waals surface area contributed by atoms with Crippen LogP contribution >= 0.6 is 0 Å². The number of nitrogens with zero attached hydrogens (tertiary/aromatic N) is 2. The number of fused-ring (bicyclic) bond motifs is 1. The van der Waals surface area contributed by atoms with Gasteiger partial charge in [0.05, 0.1) is 12.3 Å². The maximum atomic E-state index is 12.0. The number of hydrogen-bond acceptors (Lipinski definition) is 5. The van der Waals surface area contributed by atoms with Gasteiger partial charge in [0.1, 0.15) is 17.0 Å². The van der Waals surface area contributed by atoms with Crippen LogP contribution in [0.15, 0.2) is 41.1 Å². The van der Waals surface area contributed by atoms with Crippen LogP contribution in [0, 0.1) is 13.8 Å². The molecule has 0 aliphatic rings. The minimum Gasteiger partial charge on any atom is -0.491 e. The number of rotatable bonds is 8. The Bertz CT molecular complexity index is 864. The number of nitrogens with one attached hydrogen (secondary N) is 1. The molecule has 0 aliphatic carbocycles. The van der Waals surface area contributed by atoms with E-state index >= 15 is 0 Å². The van der Waals surface area contributed by atoms with Crippen LogP contribution in [0.3, 0.4) is 0 Å². The summed E-state index contributed by atoms with van der Waals surface area (Å²) in [6.45, 7) is 4.87. The van der Waals surface area contributed by atoms with Crippen molar-refractivity contribution in [2.24, 2.45) is 0 Å². The van der Waals surface area contributed by atoms with Gasteiger partial charge in [-0.1, -0.05) is 23.4 Å². The van der Waals surface area contributed by atoms with E-state index in [4.69, 9.17) is 9.26 Å². The van der Waals surface area contributed by atoms with Gasteiger partial charge >= 0.3 is 0 Å². The van der Waals surface area contributed by atoms with E-state index in [1.807, 2.05) is 44.2 Å². The lowest BCUT2D eigenvalue weighted by atomic mass is 10.1. The summed E-state index contributed by atoms with van der Waals surface area (Å²) >= 11 is 0. The van der Waals surface area contributed by atoms with Gasteiger partial charge in [-0.25, -0.2) is 0 Å². The molecule has 0 saturated heterocycles. The van der Waals surface area contributed by atoms with Crippen molar-refractivity contribution in [3.8, 4) is 5.75 Å². The number of ether oxygens (including phenoxy) is 1. The zero-order chi connectivity index (χ0) is 18.4. The molecule has 3 aromatic rings. The lowest BCUT2D eigenvalue weighted by Gasteiger charge is -2.09. The second-order valence-corrected chi connectivity index (χ2v) is 6.19. The van der Waals surface area contributed by atoms with Crippen LogP contribution in [-0.4, -0.2) is 29.2 Å².